The number of ether oxygens (including phenoxy) is 3. The Hall–Kier alpha value is -1.04. The summed E-state index contributed by atoms with van der Waals surface area (Å²) < 4.78 is 33.1. The van der Waals surface area contributed by atoms with E-state index in [2.05, 4.69) is 5.32 Å². The zero-order chi connectivity index (χ0) is 19.6. The molecular weight excluding hydrogens is 371 g/mol. The van der Waals surface area contributed by atoms with Crippen LogP contribution < -0.4 is 5.32 Å². The van der Waals surface area contributed by atoms with Crippen molar-refractivity contribution in [1.82, 2.24) is 10.2 Å². The molecule has 11 nitrogen and oxygen atoms in total. The molecule has 12 heteroatoms. The molecule has 6 atom stereocenters. The number of phosphoric acid groups is 1. The molecule has 150 valence electrons. The second-order valence-corrected chi connectivity index (χ2v) is 7.48. The van der Waals surface area contributed by atoms with E-state index in [1.807, 2.05) is 0 Å². The third-order valence-electron chi connectivity index (χ3n) is 3.94. The highest BCUT2D eigenvalue weighted by atomic mass is 31.2. The summed E-state index contributed by atoms with van der Waals surface area (Å²) in [5.74, 6) is -0.467. The van der Waals surface area contributed by atoms with Crippen molar-refractivity contribution in [2.24, 2.45) is 0 Å². The summed E-state index contributed by atoms with van der Waals surface area (Å²) in [6.45, 7) is 5.03. The molecule has 0 aliphatic carbocycles. The molecule has 0 aromatic rings. The molecule has 0 aromatic heterocycles. The van der Waals surface area contributed by atoms with Crippen LogP contribution in [0.25, 0.3) is 0 Å². The zero-order valence-electron chi connectivity index (χ0n) is 14.9. The van der Waals surface area contributed by atoms with Crippen molar-refractivity contribution in [1.29, 1.82) is 0 Å². The summed E-state index contributed by atoms with van der Waals surface area (Å²) in [6, 6.07) is 0. The van der Waals surface area contributed by atoms with Crippen LogP contribution in [0.1, 0.15) is 20.8 Å². The van der Waals surface area contributed by atoms with Crippen LogP contribution in [-0.4, -0.2) is 75.9 Å². The van der Waals surface area contributed by atoms with Crippen molar-refractivity contribution in [3.8, 4) is 0 Å². The number of rotatable bonds is 7. The van der Waals surface area contributed by atoms with Gasteiger partial charge >= 0.3 is 7.82 Å². The molecule has 4 N–H and O–H groups in total. The topological polar surface area (TPSA) is 147 Å². The normalized spacial score (nSPS) is 33.6. The molecule has 1 saturated heterocycles. The minimum absolute atomic E-state index is 0.230. The Morgan fingerprint density at radius 2 is 1.96 bits per heavy atom. The van der Waals surface area contributed by atoms with Gasteiger partial charge in [0.05, 0.1) is 12.2 Å². The van der Waals surface area contributed by atoms with Crippen molar-refractivity contribution in [3.63, 3.8) is 0 Å². The number of phosphoric ester groups is 1. The van der Waals surface area contributed by atoms with E-state index in [4.69, 9.17) is 28.5 Å². The van der Waals surface area contributed by atoms with Gasteiger partial charge in [0.15, 0.2) is 6.23 Å². The average molecular weight is 396 g/mol. The maximum absolute atomic E-state index is 11.3. The van der Waals surface area contributed by atoms with E-state index in [1.165, 1.54) is 31.2 Å². The van der Waals surface area contributed by atoms with E-state index in [0.29, 0.717) is 0 Å². The summed E-state index contributed by atoms with van der Waals surface area (Å²) >= 11 is 0. The van der Waals surface area contributed by atoms with Crippen LogP contribution in [-0.2, 0) is 28.1 Å². The molecule has 0 bridgehead atoms. The van der Waals surface area contributed by atoms with Gasteiger partial charge < -0.3 is 39.3 Å². The highest BCUT2D eigenvalue weighted by molar-refractivity contribution is 7.46. The first-order valence-electron chi connectivity index (χ1n) is 8.05. The van der Waals surface area contributed by atoms with Gasteiger partial charge in [-0.3, -0.25) is 9.32 Å². The molecule has 0 spiro atoms. The van der Waals surface area contributed by atoms with Gasteiger partial charge in [-0.1, -0.05) is 0 Å². The van der Waals surface area contributed by atoms with Crippen LogP contribution in [0.4, 0.5) is 0 Å². The van der Waals surface area contributed by atoms with E-state index >= 15 is 0 Å². The fourth-order valence-corrected chi connectivity index (χ4v) is 3.54. The number of carbonyl (C=O) groups excluding carboxylic acids is 1. The molecule has 0 saturated carbocycles. The molecule has 2 aliphatic rings. The lowest BCUT2D eigenvalue weighted by Gasteiger charge is -2.36. The molecule has 2 rings (SSSR count). The lowest BCUT2D eigenvalue weighted by molar-refractivity contribution is -0.160. The largest absolute Gasteiger partial charge is 0.469 e. The number of nitrogens with one attached hydrogen (secondary N) is 1. The number of amides is 1. The van der Waals surface area contributed by atoms with Gasteiger partial charge in [0.25, 0.3) is 0 Å². The first-order valence-corrected chi connectivity index (χ1v) is 9.58. The molecule has 2 heterocycles. The van der Waals surface area contributed by atoms with Gasteiger partial charge in [0.1, 0.15) is 18.3 Å². The van der Waals surface area contributed by atoms with Crippen LogP contribution in [0, 0.1) is 0 Å². The van der Waals surface area contributed by atoms with Gasteiger partial charge in [-0.2, -0.15) is 0 Å². The number of nitrogens with zero attached hydrogens (tertiary/aromatic N) is 1. The Kier molecular flexibility index (Phi) is 6.81. The maximum atomic E-state index is 11.3. The van der Waals surface area contributed by atoms with Gasteiger partial charge in [-0.05, 0) is 20.8 Å². The Labute approximate surface area is 151 Å². The lowest BCUT2D eigenvalue weighted by Crippen LogP contribution is -2.56. The van der Waals surface area contributed by atoms with Crippen LogP contribution in [0.2, 0.25) is 0 Å². The number of methoxy groups -OCH3 is 1. The molecular formula is C14H25N2O9P. The predicted molar refractivity (Wildman–Crippen MR) is 87.2 cm³/mol. The van der Waals surface area contributed by atoms with Gasteiger partial charge in [0.2, 0.25) is 12.3 Å². The second-order valence-electron chi connectivity index (χ2n) is 6.29. The molecule has 1 fully saturated rings. The average Bonchev–Trinajstić information content (AvgIpc) is 2.83. The van der Waals surface area contributed by atoms with Gasteiger partial charge in [-0.25, -0.2) is 4.57 Å². The first-order chi connectivity index (χ1) is 12.0. The van der Waals surface area contributed by atoms with Crippen LogP contribution in [0.5, 0.6) is 0 Å². The van der Waals surface area contributed by atoms with E-state index < -0.39 is 50.7 Å². The molecule has 3 unspecified atom stereocenters. The van der Waals surface area contributed by atoms with E-state index in [9.17, 15) is 14.5 Å². The Morgan fingerprint density at radius 1 is 1.31 bits per heavy atom. The van der Waals surface area contributed by atoms with Crippen molar-refractivity contribution < 1.29 is 43.0 Å². The Morgan fingerprint density at radius 3 is 2.46 bits per heavy atom. The molecule has 2 aliphatic heterocycles. The molecule has 0 radical (unpaired) electrons. The Balaban J connectivity index is 2.28. The number of aliphatic hydroxyl groups excluding tert-OH is 1. The van der Waals surface area contributed by atoms with Crippen LogP contribution in [0.3, 0.4) is 0 Å². The molecule has 0 aromatic carbocycles. The number of carbonyl (C=O) groups is 1. The predicted octanol–water partition coefficient (Wildman–Crippen LogP) is -0.761. The van der Waals surface area contributed by atoms with Crippen LogP contribution >= 0.6 is 7.82 Å². The number of aliphatic hydroxyl groups is 1. The van der Waals surface area contributed by atoms with Crippen molar-refractivity contribution in [2.45, 2.75) is 63.9 Å². The highest BCUT2D eigenvalue weighted by Crippen LogP contribution is 2.41. The Bertz CT molecular complexity index is 581. The van der Waals surface area contributed by atoms with Gasteiger partial charge in [0, 0.05) is 19.4 Å². The number of hydrogen-bond donors (Lipinski definition) is 4. The van der Waals surface area contributed by atoms with E-state index in [0.717, 1.165) is 0 Å². The fraction of sp³-hybridized carbons (Fsp3) is 0.786. The zero-order valence-corrected chi connectivity index (χ0v) is 15.8. The number of hydrogen-bond acceptors (Lipinski definition) is 8. The monoisotopic (exact) mass is 396 g/mol. The SMILES string of the molecule is COC1C(OC(C)C)[C@@H]([C@H](C)OP(=O)(O)O)O[C@H]1N1C=CC(=O)NC1O. The van der Waals surface area contributed by atoms with Crippen molar-refractivity contribution in [3.05, 3.63) is 12.3 Å². The summed E-state index contributed by atoms with van der Waals surface area (Å²) in [6.07, 6.45) is -3.28. The summed E-state index contributed by atoms with van der Waals surface area (Å²) in [7, 11) is -3.32. The third-order valence-corrected chi connectivity index (χ3v) is 4.55. The molecule has 1 amide bonds. The van der Waals surface area contributed by atoms with Gasteiger partial charge in [-0.15, -0.1) is 0 Å². The summed E-state index contributed by atoms with van der Waals surface area (Å²) in [4.78, 5) is 30.8. The highest BCUT2D eigenvalue weighted by Gasteiger charge is 2.52. The minimum atomic E-state index is -4.75. The lowest BCUT2D eigenvalue weighted by atomic mass is 10.1. The fourth-order valence-electron chi connectivity index (χ4n) is 2.99. The molecule has 26 heavy (non-hydrogen) atoms. The minimum Gasteiger partial charge on any atom is -0.374 e. The van der Waals surface area contributed by atoms with E-state index in [-0.39, 0.29) is 6.10 Å². The summed E-state index contributed by atoms with van der Waals surface area (Å²) in [5.41, 5.74) is 0. The first kappa shape index (κ1) is 21.3. The standard InChI is InChI=1S/C14H25N2O9P/c1-7(2)23-11-10(8(3)25-26(19,20)21)24-13(12(11)22-4)16-6-5-9(17)15-14(16)18/h5-8,10-14,18H,1-4H3,(H,15,17)(H2,19,20,21)/t8-,10+,11?,12?,13+,14?/m0/s1. The second kappa shape index (κ2) is 8.32. The third kappa shape index (κ3) is 5.02. The quantitative estimate of drug-likeness (QED) is 0.405. The van der Waals surface area contributed by atoms with Crippen molar-refractivity contribution in [2.75, 3.05) is 7.11 Å². The van der Waals surface area contributed by atoms with Crippen molar-refractivity contribution >= 4 is 13.7 Å². The van der Waals surface area contributed by atoms with E-state index in [1.54, 1.807) is 13.8 Å². The smallest absolute Gasteiger partial charge is 0.374 e. The maximum Gasteiger partial charge on any atom is 0.469 e. The summed E-state index contributed by atoms with van der Waals surface area (Å²) in [5, 5.41) is 12.4. The van der Waals surface area contributed by atoms with Crippen LogP contribution in [0.15, 0.2) is 12.3 Å².